The number of halogens is 1. The second-order valence-corrected chi connectivity index (χ2v) is 8.76. The van der Waals surface area contributed by atoms with E-state index in [0.29, 0.717) is 29.9 Å². The lowest BCUT2D eigenvalue weighted by atomic mass is 9.99. The lowest BCUT2D eigenvalue weighted by molar-refractivity contribution is -0.120. The van der Waals surface area contributed by atoms with Crippen LogP contribution in [0.5, 0.6) is 0 Å². The second-order valence-electron chi connectivity index (χ2n) is 8.76. The maximum atomic E-state index is 14.0. The molecule has 3 aromatic carbocycles. The van der Waals surface area contributed by atoms with Crippen LogP contribution in [0.2, 0.25) is 0 Å². The molecule has 5 nitrogen and oxygen atoms in total. The van der Waals surface area contributed by atoms with Crippen LogP contribution < -0.4 is 9.80 Å². The van der Waals surface area contributed by atoms with Crippen molar-refractivity contribution >= 4 is 28.8 Å². The van der Waals surface area contributed by atoms with E-state index in [-0.39, 0.29) is 5.69 Å². The van der Waals surface area contributed by atoms with E-state index < -0.39 is 17.6 Å². The highest BCUT2D eigenvalue weighted by atomic mass is 19.1. The summed E-state index contributed by atoms with van der Waals surface area (Å²) >= 11 is 0. The molecule has 1 fully saturated rings. The zero-order valence-electron chi connectivity index (χ0n) is 19.3. The fraction of sp³-hybridized carbons (Fsp3) is 0.214. The van der Waals surface area contributed by atoms with E-state index in [0.717, 1.165) is 34.8 Å². The van der Waals surface area contributed by atoms with Gasteiger partial charge >= 0.3 is 0 Å². The van der Waals surface area contributed by atoms with Crippen LogP contribution in [-0.2, 0) is 9.59 Å². The molecule has 2 heterocycles. The molecule has 1 saturated heterocycles. The molecule has 2 amide bonds. The summed E-state index contributed by atoms with van der Waals surface area (Å²) in [6.07, 6.45) is 0. The van der Waals surface area contributed by atoms with Gasteiger partial charge in [-0.2, -0.15) is 0 Å². The van der Waals surface area contributed by atoms with Crippen molar-refractivity contribution in [1.82, 2.24) is 4.90 Å². The van der Waals surface area contributed by atoms with Crippen molar-refractivity contribution in [3.63, 3.8) is 0 Å². The minimum atomic E-state index is -0.490. The standard InChI is InChI=1S/C28H26FN3O2/c1-19-11-12-21(17-20(19)2)25-26(28(34)32(27(25)33)24-10-6-7-22(29)18-24)31-15-13-30(14-16-31)23-8-4-3-5-9-23/h3-12,17-18H,13-16H2,1-2H3. The van der Waals surface area contributed by atoms with Crippen LogP contribution in [0.25, 0.3) is 5.57 Å². The van der Waals surface area contributed by atoms with Crippen LogP contribution in [0.1, 0.15) is 16.7 Å². The summed E-state index contributed by atoms with van der Waals surface area (Å²) in [7, 11) is 0. The van der Waals surface area contributed by atoms with Gasteiger partial charge in [0.2, 0.25) is 0 Å². The largest absolute Gasteiger partial charge is 0.368 e. The molecule has 0 atom stereocenters. The van der Waals surface area contributed by atoms with Crippen LogP contribution in [0.3, 0.4) is 0 Å². The molecule has 5 rings (SSSR count). The molecule has 0 N–H and O–H groups in total. The lowest BCUT2D eigenvalue weighted by Gasteiger charge is -2.37. The first-order valence-electron chi connectivity index (χ1n) is 11.5. The maximum absolute atomic E-state index is 14.0. The molecule has 3 aromatic rings. The Balaban J connectivity index is 1.53. The summed E-state index contributed by atoms with van der Waals surface area (Å²) in [4.78, 5) is 32.7. The monoisotopic (exact) mass is 455 g/mol. The van der Waals surface area contributed by atoms with Gasteiger partial charge in [-0.3, -0.25) is 9.59 Å². The minimum Gasteiger partial charge on any atom is -0.368 e. The van der Waals surface area contributed by atoms with Crippen molar-refractivity contribution < 1.29 is 14.0 Å². The molecule has 2 aliphatic rings. The number of hydrogen-bond acceptors (Lipinski definition) is 4. The van der Waals surface area contributed by atoms with Crippen molar-refractivity contribution in [2.75, 3.05) is 36.0 Å². The summed E-state index contributed by atoms with van der Waals surface area (Å²) in [6, 6.07) is 21.6. The number of carbonyl (C=O) groups is 2. The van der Waals surface area contributed by atoms with E-state index in [4.69, 9.17) is 0 Å². The van der Waals surface area contributed by atoms with Gasteiger partial charge in [0.1, 0.15) is 11.5 Å². The average molecular weight is 456 g/mol. The first kappa shape index (κ1) is 21.9. The molecule has 34 heavy (non-hydrogen) atoms. The zero-order valence-corrected chi connectivity index (χ0v) is 19.3. The summed E-state index contributed by atoms with van der Waals surface area (Å²) < 4.78 is 14.0. The molecule has 6 heteroatoms. The van der Waals surface area contributed by atoms with Crippen LogP contribution in [-0.4, -0.2) is 42.9 Å². The molecule has 172 valence electrons. The number of anilines is 2. The van der Waals surface area contributed by atoms with Crippen molar-refractivity contribution in [2.45, 2.75) is 13.8 Å². The van der Waals surface area contributed by atoms with E-state index in [1.165, 1.54) is 18.2 Å². The maximum Gasteiger partial charge on any atom is 0.282 e. The van der Waals surface area contributed by atoms with Crippen molar-refractivity contribution in [2.24, 2.45) is 0 Å². The SMILES string of the molecule is Cc1ccc(C2=C(N3CCN(c4ccccc4)CC3)C(=O)N(c3cccc(F)c3)C2=O)cc1C. The van der Waals surface area contributed by atoms with Gasteiger partial charge in [-0.1, -0.05) is 42.5 Å². The predicted octanol–water partition coefficient (Wildman–Crippen LogP) is 4.55. The van der Waals surface area contributed by atoms with Gasteiger partial charge in [-0.15, -0.1) is 0 Å². The summed E-state index contributed by atoms with van der Waals surface area (Å²) in [5.41, 5.74) is 5.02. The number of hydrogen-bond donors (Lipinski definition) is 0. The molecule has 0 spiro atoms. The van der Waals surface area contributed by atoms with Crippen LogP contribution >= 0.6 is 0 Å². The number of rotatable bonds is 4. The first-order chi connectivity index (χ1) is 16.4. The zero-order chi connectivity index (χ0) is 23.8. The van der Waals surface area contributed by atoms with Crippen molar-refractivity contribution in [1.29, 1.82) is 0 Å². The Kier molecular flexibility index (Phi) is 5.65. The third kappa shape index (κ3) is 3.85. The van der Waals surface area contributed by atoms with Crippen molar-refractivity contribution in [3.05, 3.63) is 101 Å². The Hall–Kier alpha value is -3.93. The summed E-state index contributed by atoms with van der Waals surface area (Å²) in [5.74, 6) is -1.31. The number of nitrogens with zero attached hydrogens (tertiary/aromatic N) is 3. The average Bonchev–Trinajstić information content (AvgIpc) is 3.11. The quantitative estimate of drug-likeness (QED) is 0.542. The van der Waals surface area contributed by atoms with Gasteiger partial charge in [0.15, 0.2) is 0 Å². The fourth-order valence-corrected chi connectivity index (χ4v) is 4.65. The van der Waals surface area contributed by atoms with Crippen LogP contribution in [0.15, 0.2) is 78.5 Å². The molecule has 0 radical (unpaired) electrons. The van der Waals surface area contributed by atoms with Gasteiger partial charge in [0, 0.05) is 31.9 Å². The number of benzene rings is 3. The van der Waals surface area contributed by atoms with E-state index in [2.05, 4.69) is 17.0 Å². The minimum absolute atomic E-state index is 0.245. The van der Waals surface area contributed by atoms with Crippen LogP contribution in [0, 0.1) is 19.7 Å². The third-order valence-corrected chi connectivity index (χ3v) is 6.64. The van der Waals surface area contributed by atoms with Crippen molar-refractivity contribution in [3.8, 4) is 0 Å². The Morgan fingerprint density at radius 3 is 2.03 bits per heavy atom. The lowest BCUT2D eigenvalue weighted by Crippen LogP contribution is -2.47. The molecule has 0 unspecified atom stereocenters. The molecular weight excluding hydrogens is 429 g/mol. The van der Waals surface area contributed by atoms with Gasteiger partial charge in [0.25, 0.3) is 11.8 Å². The van der Waals surface area contributed by atoms with Gasteiger partial charge in [0.05, 0.1) is 11.3 Å². The molecule has 0 bridgehead atoms. The Labute approximate surface area is 198 Å². The highest BCUT2D eigenvalue weighted by Gasteiger charge is 2.43. The molecule has 2 aliphatic heterocycles. The Morgan fingerprint density at radius 1 is 0.676 bits per heavy atom. The highest BCUT2D eigenvalue weighted by Crippen LogP contribution is 2.36. The summed E-state index contributed by atoms with van der Waals surface area (Å²) in [5, 5.41) is 0. The predicted molar refractivity (Wildman–Crippen MR) is 132 cm³/mol. The van der Waals surface area contributed by atoms with Gasteiger partial charge in [-0.25, -0.2) is 9.29 Å². The van der Waals surface area contributed by atoms with E-state index in [9.17, 15) is 14.0 Å². The van der Waals surface area contributed by atoms with Gasteiger partial charge < -0.3 is 9.80 Å². The second kappa shape index (κ2) is 8.78. The fourth-order valence-electron chi connectivity index (χ4n) is 4.65. The Bertz CT molecular complexity index is 1290. The first-order valence-corrected chi connectivity index (χ1v) is 11.5. The number of imide groups is 1. The highest BCUT2D eigenvalue weighted by molar-refractivity contribution is 6.45. The third-order valence-electron chi connectivity index (χ3n) is 6.64. The molecule has 0 aromatic heterocycles. The topological polar surface area (TPSA) is 43.9 Å². The van der Waals surface area contributed by atoms with E-state index >= 15 is 0 Å². The molecule has 0 saturated carbocycles. The normalized spacial score (nSPS) is 16.6. The number of para-hydroxylation sites is 1. The number of amides is 2. The number of piperazine rings is 1. The molecule has 0 aliphatic carbocycles. The van der Waals surface area contributed by atoms with Gasteiger partial charge in [-0.05, 0) is 60.9 Å². The molecular formula is C28H26FN3O2. The van der Waals surface area contributed by atoms with E-state index in [1.807, 2.05) is 55.1 Å². The smallest absolute Gasteiger partial charge is 0.282 e. The Morgan fingerprint density at radius 2 is 1.35 bits per heavy atom. The number of aryl methyl sites for hydroxylation is 2. The number of carbonyl (C=O) groups excluding carboxylic acids is 2. The van der Waals surface area contributed by atoms with E-state index in [1.54, 1.807) is 6.07 Å². The summed E-state index contributed by atoms with van der Waals surface area (Å²) in [6.45, 7) is 6.68. The van der Waals surface area contributed by atoms with Crippen LogP contribution in [0.4, 0.5) is 15.8 Å².